The van der Waals surface area contributed by atoms with Crippen molar-refractivity contribution in [3.8, 4) is 0 Å². The van der Waals surface area contributed by atoms with Gasteiger partial charge in [0.15, 0.2) is 0 Å². The van der Waals surface area contributed by atoms with Gasteiger partial charge in [0, 0.05) is 7.05 Å². The Hall–Kier alpha value is -2.18. The van der Waals surface area contributed by atoms with Crippen molar-refractivity contribution in [3.63, 3.8) is 0 Å². The third-order valence-corrected chi connectivity index (χ3v) is 2.92. The Morgan fingerprint density at radius 3 is 2.43 bits per heavy atom. The van der Waals surface area contributed by atoms with Gasteiger partial charge in [-0.15, -0.1) is 0 Å². The fourth-order valence-electron chi connectivity index (χ4n) is 1.76. The molecule has 0 fully saturated rings. The van der Waals surface area contributed by atoms with Crippen molar-refractivity contribution in [2.24, 2.45) is 0 Å². The van der Waals surface area contributed by atoms with Gasteiger partial charge in [0.25, 0.3) is 6.43 Å². The summed E-state index contributed by atoms with van der Waals surface area (Å²) in [5.41, 5.74) is 0.943. The molecular formula is C14H18F2N2O3. The monoisotopic (exact) mass is 300 g/mol. The number of hydrogen-bond acceptors (Lipinski definition) is 2. The largest absolute Gasteiger partial charge is 0.480 e. The minimum Gasteiger partial charge on any atom is -0.480 e. The van der Waals surface area contributed by atoms with Gasteiger partial charge in [0.05, 0.1) is 6.54 Å². The van der Waals surface area contributed by atoms with Gasteiger partial charge in [-0.25, -0.2) is 18.4 Å². The summed E-state index contributed by atoms with van der Waals surface area (Å²) in [7, 11) is 1.19. The topological polar surface area (TPSA) is 69.6 Å². The highest BCUT2D eigenvalue weighted by atomic mass is 19.3. The number of rotatable bonds is 7. The Bertz CT molecular complexity index is 469. The first-order valence-electron chi connectivity index (χ1n) is 6.46. The van der Waals surface area contributed by atoms with Gasteiger partial charge in [-0.2, -0.15) is 0 Å². The quantitative estimate of drug-likeness (QED) is 0.809. The second kappa shape index (κ2) is 8.18. The first kappa shape index (κ1) is 16.9. The van der Waals surface area contributed by atoms with E-state index in [1.165, 1.54) is 7.05 Å². The number of benzene rings is 1. The molecule has 0 saturated carbocycles. The van der Waals surface area contributed by atoms with Gasteiger partial charge >= 0.3 is 12.0 Å². The van der Waals surface area contributed by atoms with Crippen molar-refractivity contribution in [1.82, 2.24) is 10.2 Å². The molecule has 21 heavy (non-hydrogen) atoms. The molecular weight excluding hydrogens is 282 g/mol. The molecule has 0 unspecified atom stereocenters. The maximum absolute atomic E-state index is 12.2. The van der Waals surface area contributed by atoms with E-state index in [0.717, 1.165) is 10.5 Å². The molecule has 7 heteroatoms. The van der Waals surface area contributed by atoms with Crippen molar-refractivity contribution in [3.05, 3.63) is 35.9 Å². The van der Waals surface area contributed by atoms with E-state index in [1.54, 1.807) is 0 Å². The summed E-state index contributed by atoms with van der Waals surface area (Å²) >= 11 is 0. The van der Waals surface area contributed by atoms with E-state index in [9.17, 15) is 18.4 Å². The van der Waals surface area contributed by atoms with E-state index >= 15 is 0 Å². The Kier molecular flexibility index (Phi) is 6.58. The summed E-state index contributed by atoms with van der Waals surface area (Å²) in [5, 5.41) is 11.3. The molecule has 0 heterocycles. The molecule has 1 atom stereocenters. The normalized spacial score (nSPS) is 12.0. The Morgan fingerprint density at radius 2 is 1.90 bits per heavy atom. The van der Waals surface area contributed by atoms with Crippen LogP contribution in [0.1, 0.15) is 12.0 Å². The molecule has 2 amide bonds. The Labute approximate surface area is 121 Å². The van der Waals surface area contributed by atoms with Crippen LogP contribution in [0.5, 0.6) is 0 Å². The molecule has 1 aromatic rings. The zero-order valence-electron chi connectivity index (χ0n) is 11.6. The molecule has 0 spiro atoms. The molecule has 5 nitrogen and oxygen atoms in total. The molecule has 1 aromatic carbocycles. The van der Waals surface area contributed by atoms with Crippen molar-refractivity contribution in [2.45, 2.75) is 25.3 Å². The average Bonchev–Trinajstić information content (AvgIpc) is 2.43. The zero-order valence-corrected chi connectivity index (χ0v) is 11.6. The first-order valence-corrected chi connectivity index (χ1v) is 6.46. The second-order valence-electron chi connectivity index (χ2n) is 4.64. The van der Waals surface area contributed by atoms with Gasteiger partial charge < -0.3 is 15.3 Å². The number of urea groups is 1. The standard InChI is InChI=1S/C14H18F2N2O3/c1-18(9-12(15)16)14(21)17-11(13(19)20)8-7-10-5-3-2-4-6-10/h2-6,11-12H,7-9H2,1H3,(H,17,21)(H,19,20)/t11-/m0/s1. The van der Waals surface area contributed by atoms with Crippen LogP contribution in [0.4, 0.5) is 13.6 Å². The lowest BCUT2D eigenvalue weighted by Gasteiger charge is -2.21. The summed E-state index contributed by atoms with van der Waals surface area (Å²) in [6.07, 6.45) is -2.00. The number of hydrogen-bond donors (Lipinski definition) is 2. The van der Waals surface area contributed by atoms with Gasteiger partial charge in [0.2, 0.25) is 0 Å². The Morgan fingerprint density at radius 1 is 1.29 bits per heavy atom. The number of nitrogens with zero attached hydrogens (tertiary/aromatic N) is 1. The predicted molar refractivity (Wildman–Crippen MR) is 73.4 cm³/mol. The molecule has 116 valence electrons. The van der Waals surface area contributed by atoms with Crippen LogP contribution in [-0.2, 0) is 11.2 Å². The summed E-state index contributed by atoms with van der Waals surface area (Å²) in [4.78, 5) is 23.5. The van der Waals surface area contributed by atoms with Crippen molar-refractivity contribution in [1.29, 1.82) is 0 Å². The maximum Gasteiger partial charge on any atom is 0.326 e. The summed E-state index contributed by atoms with van der Waals surface area (Å²) in [6.45, 7) is -0.739. The van der Waals surface area contributed by atoms with E-state index in [4.69, 9.17) is 5.11 Å². The number of nitrogens with one attached hydrogen (secondary N) is 1. The number of halogens is 2. The first-order chi connectivity index (χ1) is 9.90. The van der Waals surface area contributed by atoms with E-state index in [0.29, 0.717) is 6.42 Å². The van der Waals surface area contributed by atoms with Crippen LogP contribution in [0, 0.1) is 0 Å². The second-order valence-corrected chi connectivity index (χ2v) is 4.64. The molecule has 0 aliphatic carbocycles. The molecule has 0 bridgehead atoms. The van der Waals surface area contributed by atoms with Gasteiger partial charge in [0.1, 0.15) is 6.04 Å². The number of alkyl halides is 2. The average molecular weight is 300 g/mol. The molecule has 0 aromatic heterocycles. The molecule has 1 rings (SSSR count). The van der Waals surface area contributed by atoms with Crippen molar-refractivity contribution < 1.29 is 23.5 Å². The van der Waals surface area contributed by atoms with Crippen LogP contribution in [0.3, 0.4) is 0 Å². The molecule has 0 aliphatic heterocycles. The minimum atomic E-state index is -2.66. The van der Waals surface area contributed by atoms with E-state index in [-0.39, 0.29) is 6.42 Å². The lowest BCUT2D eigenvalue weighted by molar-refractivity contribution is -0.139. The van der Waals surface area contributed by atoms with E-state index in [1.807, 2.05) is 30.3 Å². The van der Waals surface area contributed by atoms with Crippen molar-refractivity contribution >= 4 is 12.0 Å². The smallest absolute Gasteiger partial charge is 0.326 e. The Balaban J connectivity index is 2.54. The number of carboxylic acids is 1. The number of carboxylic acid groups (broad SMARTS) is 1. The van der Waals surface area contributed by atoms with Gasteiger partial charge in [-0.05, 0) is 18.4 Å². The van der Waals surface area contributed by atoms with Crippen molar-refractivity contribution in [2.75, 3.05) is 13.6 Å². The molecule has 0 aliphatic rings. The lowest BCUT2D eigenvalue weighted by Crippen LogP contribution is -2.47. The van der Waals surface area contributed by atoms with Gasteiger partial charge in [-0.3, -0.25) is 0 Å². The third-order valence-electron chi connectivity index (χ3n) is 2.92. The maximum atomic E-state index is 12.2. The third kappa shape index (κ3) is 6.20. The highest BCUT2D eigenvalue weighted by Crippen LogP contribution is 2.06. The van der Waals surface area contributed by atoms with Gasteiger partial charge in [-0.1, -0.05) is 30.3 Å². The number of aliphatic carboxylic acids is 1. The van der Waals surface area contributed by atoms with Crippen LogP contribution >= 0.6 is 0 Å². The number of carbonyl (C=O) groups is 2. The highest BCUT2D eigenvalue weighted by Gasteiger charge is 2.22. The fourth-order valence-corrected chi connectivity index (χ4v) is 1.76. The highest BCUT2D eigenvalue weighted by molar-refractivity contribution is 5.82. The molecule has 2 N–H and O–H groups in total. The lowest BCUT2D eigenvalue weighted by atomic mass is 10.1. The van der Waals surface area contributed by atoms with Crippen LogP contribution in [0.15, 0.2) is 30.3 Å². The summed E-state index contributed by atoms with van der Waals surface area (Å²) in [5.74, 6) is -1.19. The SMILES string of the molecule is CN(CC(F)F)C(=O)N[C@@H](CCc1ccccc1)C(=O)O. The molecule has 0 radical (unpaired) electrons. The van der Waals surface area contributed by atoms with Crippen LogP contribution < -0.4 is 5.32 Å². The predicted octanol–water partition coefficient (Wildman–Crippen LogP) is 1.98. The number of aryl methyl sites for hydroxylation is 1. The summed E-state index contributed by atoms with van der Waals surface area (Å²) in [6, 6.07) is 7.28. The van der Waals surface area contributed by atoms with Crippen LogP contribution in [0.25, 0.3) is 0 Å². The number of carbonyl (C=O) groups excluding carboxylic acids is 1. The van der Waals surface area contributed by atoms with E-state index in [2.05, 4.69) is 5.32 Å². The summed E-state index contributed by atoms with van der Waals surface area (Å²) < 4.78 is 24.3. The minimum absolute atomic E-state index is 0.188. The zero-order chi connectivity index (χ0) is 15.8. The fraction of sp³-hybridized carbons (Fsp3) is 0.429. The van der Waals surface area contributed by atoms with E-state index < -0.39 is 31.0 Å². The van der Waals surface area contributed by atoms with Crippen LogP contribution in [-0.4, -0.2) is 48.1 Å². The number of amides is 2. The van der Waals surface area contributed by atoms with Crippen LogP contribution in [0.2, 0.25) is 0 Å². The molecule has 0 saturated heterocycles.